The minimum atomic E-state index is -4.35. The summed E-state index contributed by atoms with van der Waals surface area (Å²) >= 11 is 0. The van der Waals surface area contributed by atoms with Crippen LogP contribution in [0.3, 0.4) is 0 Å². The Morgan fingerprint density at radius 1 is 1.14 bits per heavy atom. The van der Waals surface area contributed by atoms with Gasteiger partial charge in [0.15, 0.2) is 11.6 Å². The van der Waals surface area contributed by atoms with Crippen LogP contribution in [0.4, 0.5) is 11.4 Å². The highest BCUT2D eigenvalue weighted by molar-refractivity contribution is 7.91. The fourth-order valence-electron chi connectivity index (χ4n) is 4.56. The molecule has 2 aliphatic rings. The Bertz CT molecular complexity index is 1500. The number of amidine groups is 1. The Morgan fingerprint density at radius 2 is 1.83 bits per heavy atom. The average Bonchev–Trinajstić information content (AvgIpc) is 2.81. The van der Waals surface area contributed by atoms with Gasteiger partial charge in [0.25, 0.3) is 20.2 Å². The topological polar surface area (TPSA) is 151 Å². The van der Waals surface area contributed by atoms with Crippen molar-refractivity contribution in [2.45, 2.75) is 43.9 Å². The summed E-state index contributed by atoms with van der Waals surface area (Å²) in [6, 6.07) is 10.8. The van der Waals surface area contributed by atoms with E-state index in [1.165, 1.54) is 19.2 Å². The summed E-state index contributed by atoms with van der Waals surface area (Å²) in [4.78, 5) is 27.1. The van der Waals surface area contributed by atoms with Crippen LogP contribution in [0.5, 0.6) is 0 Å². The van der Waals surface area contributed by atoms with Gasteiger partial charge in [0.05, 0.1) is 16.8 Å². The number of Topliss-reactive ketones (excluding diaryl/α,β-unsaturated/α-hetero) is 2. The van der Waals surface area contributed by atoms with E-state index in [4.69, 9.17) is 0 Å². The summed E-state index contributed by atoms with van der Waals surface area (Å²) < 4.78 is 57.9. The van der Waals surface area contributed by atoms with Gasteiger partial charge < -0.3 is 5.32 Å². The number of carbonyl (C=O) groups excluding carboxylic acids is 2. The van der Waals surface area contributed by atoms with E-state index in [0.29, 0.717) is 23.5 Å². The van der Waals surface area contributed by atoms with E-state index >= 15 is 0 Å². The molecule has 4 rings (SSSR count). The number of fused-ring (bicyclic) bond motifs is 2. The SMILES string of the molecule is CNS(=O)(=O)Nc1ccc2c(c1)S(=O)(=O)N=C(C1C(=O)c3ccccc3C(C)(CCC(C)C)C1=O)N2. The van der Waals surface area contributed by atoms with E-state index in [2.05, 4.69) is 19.2 Å². The molecule has 192 valence electrons. The quantitative estimate of drug-likeness (QED) is 0.464. The number of sulfonamides is 1. The number of anilines is 2. The highest BCUT2D eigenvalue weighted by Gasteiger charge is 2.51. The maximum absolute atomic E-state index is 13.9. The van der Waals surface area contributed by atoms with Crippen molar-refractivity contribution in [2.75, 3.05) is 17.1 Å². The average molecular weight is 533 g/mol. The molecular formula is C24H28N4O6S2. The summed E-state index contributed by atoms with van der Waals surface area (Å²) in [5.41, 5.74) is 0.113. The number of hydrogen-bond donors (Lipinski definition) is 3. The number of rotatable bonds is 7. The van der Waals surface area contributed by atoms with Crippen LogP contribution in [0.25, 0.3) is 0 Å². The molecule has 2 unspecified atom stereocenters. The second-order valence-electron chi connectivity index (χ2n) is 9.57. The highest BCUT2D eigenvalue weighted by Crippen LogP contribution is 2.43. The molecular weight excluding hydrogens is 504 g/mol. The number of hydrogen-bond acceptors (Lipinski definition) is 7. The first-order chi connectivity index (χ1) is 16.8. The molecule has 0 bridgehead atoms. The molecule has 3 N–H and O–H groups in total. The van der Waals surface area contributed by atoms with E-state index in [0.717, 1.165) is 12.5 Å². The van der Waals surface area contributed by atoms with E-state index in [1.807, 2.05) is 13.8 Å². The van der Waals surface area contributed by atoms with Crippen LogP contribution in [0.15, 0.2) is 51.8 Å². The molecule has 2 aromatic rings. The van der Waals surface area contributed by atoms with Crippen molar-refractivity contribution in [1.29, 1.82) is 0 Å². The lowest BCUT2D eigenvalue weighted by Crippen LogP contribution is -2.51. The third-order valence-electron chi connectivity index (χ3n) is 6.61. The number of carbonyl (C=O) groups is 2. The van der Waals surface area contributed by atoms with Crippen LogP contribution in [0, 0.1) is 11.8 Å². The standard InChI is InChI=1S/C24H28N4O6S2/c1-14(2)11-12-24(3)17-8-6-5-7-16(17)21(29)20(22(24)30)23-26-18-10-9-15(27-36(33,34)25-4)13-19(18)35(31,32)28-23/h5-10,13-14,20,25,27H,11-12H2,1-4H3,(H,26,28). The molecule has 0 spiro atoms. The van der Waals surface area contributed by atoms with Crippen molar-refractivity contribution in [1.82, 2.24) is 4.72 Å². The fraction of sp³-hybridized carbons (Fsp3) is 0.375. The van der Waals surface area contributed by atoms with Crippen LogP contribution in [0.2, 0.25) is 0 Å². The molecule has 2 aromatic carbocycles. The first-order valence-corrected chi connectivity index (χ1v) is 14.4. The molecule has 0 saturated carbocycles. The maximum atomic E-state index is 13.9. The van der Waals surface area contributed by atoms with Crippen molar-refractivity contribution in [2.24, 2.45) is 16.2 Å². The minimum absolute atomic E-state index is 0.00660. The maximum Gasteiger partial charge on any atom is 0.298 e. The van der Waals surface area contributed by atoms with Crippen LogP contribution in [-0.4, -0.2) is 41.3 Å². The van der Waals surface area contributed by atoms with Crippen molar-refractivity contribution < 1.29 is 26.4 Å². The van der Waals surface area contributed by atoms with Crippen LogP contribution in [0.1, 0.15) is 49.5 Å². The Labute approximate surface area is 210 Å². The van der Waals surface area contributed by atoms with Gasteiger partial charge in [-0.1, -0.05) is 38.1 Å². The van der Waals surface area contributed by atoms with Gasteiger partial charge in [0, 0.05) is 12.6 Å². The molecule has 0 saturated heterocycles. The van der Waals surface area contributed by atoms with Crippen molar-refractivity contribution in [3.05, 3.63) is 53.6 Å². The Hall–Kier alpha value is -3.09. The van der Waals surface area contributed by atoms with E-state index in [1.54, 1.807) is 31.2 Å². The van der Waals surface area contributed by atoms with E-state index in [9.17, 15) is 26.4 Å². The summed E-state index contributed by atoms with van der Waals surface area (Å²) in [6.07, 6.45) is 1.24. The molecule has 36 heavy (non-hydrogen) atoms. The first-order valence-electron chi connectivity index (χ1n) is 11.4. The normalized spacial score (nSPS) is 22.9. The molecule has 0 aromatic heterocycles. The van der Waals surface area contributed by atoms with Gasteiger partial charge in [-0.2, -0.15) is 16.8 Å². The molecule has 1 aliphatic heterocycles. The lowest BCUT2D eigenvalue weighted by atomic mass is 9.63. The van der Waals surface area contributed by atoms with E-state index in [-0.39, 0.29) is 22.1 Å². The predicted octanol–water partition coefficient (Wildman–Crippen LogP) is 2.85. The van der Waals surface area contributed by atoms with Crippen molar-refractivity contribution in [3.63, 3.8) is 0 Å². The number of ketones is 2. The second kappa shape index (κ2) is 9.09. The predicted molar refractivity (Wildman–Crippen MR) is 137 cm³/mol. The van der Waals surface area contributed by atoms with Gasteiger partial charge >= 0.3 is 0 Å². The largest absolute Gasteiger partial charge is 0.341 e. The summed E-state index contributed by atoms with van der Waals surface area (Å²) in [7, 11) is -7.01. The molecule has 1 heterocycles. The monoisotopic (exact) mass is 532 g/mol. The summed E-state index contributed by atoms with van der Waals surface area (Å²) in [5, 5.41) is 2.86. The lowest BCUT2D eigenvalue weighted by molar-refractivity contribution is -0.125. The van der Waals surface area contributed by atoms with Gasteiger partial charge in [0.1, 0.15) is 16.6 Å². The number of benzene rings is 2. The molecule has 0 amide bonds. The number of nitrogens with zero attached hydrogens (tertiary/aromatic N) is 1. The minimum Gasteiger partial charge on any atom is -0.341 e. The summed E-state index contributed by atoms with van der Waals surface area (Å²) in [5.74, 6) is -2.27. The third kappa shape index (κ3) is 4.56. The molecule has 12 heteroatoms. The van der Waals surface area contributed by atoms with Gasteiger partial charge in [-0.05, 0) is 49.4 Å². The van der Waals surface area contributed by atoms with Crippen molar-refractivity contribution in [3.8, 4) is 0 Å². The first kappa shape index (κ1) is 26.0. The van der Waals surface area contributed by atoms with Crippen LogP contribution < -0.4 is 14.8 Å². The zero-order valence-electron chi connectivity index (χ0n) is 20.3. The zero-order valence-corrected chi connectivity index (χ0v) is 22.0. The summed E-state index contributed by atoms with van der Waals surface area (Å²) in [6.45, 7) is 5.89. The van der Waals surface area contributed by atoms with Gasteiger partial charge in [-0.3, -0.25) is 14.3 Å². The zero-order chi connectivity index (χ0) is 26.5. The molecule has 0 fully saturated rings. The van der Waals surface area contributed by atoms with Crippen LogP contribution in [-0.2, 0) is 30.4 Å². The third-order valence-corrected chi connectivity index (χ3v) is 8.98. The van der Waals surface area contributed by atoms with E-state index < -0.39 is 43.1 Å². The van der Waals surface area contributed by atoms with Gasteiger partial charge in [-0.15, -0.1) is 4.40 Å². The molecule has 10 nitrogen and oxygen atoms in total. The van der Waals surface area contributed by atoms with Gasteiger partial charge in [-0.25, -0.2) is 4.72 Å². The van der Waals surface area contributed by atoms with Crippen molar-refractivity contribution >= 4 is 49.0 Å². The van der Waals surface area contributed by atoms with Crippen LogP contribution >= 0.6 is 0 Å². The molecule has 2 atom stereocenters. The van der Waals surface area contributed by atoms with Gasteiger partial charge in [0.2, 0.25) is 0 Å². The Morgan fingerprint density at radius 3 is 2.50 bits per heavy atom. The smallest absolute Gasteiger partial charge is 0.298 e. The molecule has 0 radical (unpaired) electrons. The highest BCUT2D eigenvalue weighted by atomic mass is 32.2. The number of nitrogens with one attached hydrogen (secondary N) is 3. The Kier molecular flexibility index (Phi) is 6.56. The Balaban J connectivity index is 1.78. The fourth-order valence-corrected chi connectivity index (χ4v) is 6.28. The second-order valence-corrected chi connectivity index (χ2v) is 12.8. The lowest BCUT2D eigenvalue weighted by Gasteiger charge is -2.39. The molecule has 1 aliphatic carbocycles.